The molecule has 150 valence electrons. The number of rotatable bonds is 6. The molecule has 4 aromatic rings. The van der Waals surface area contributed by atoms with Crippen molar-refractivity contribution in [1.29, 1.82) is 0 Å². The van der Waals surface area contributed by atoms with Crippen LogP contribution in [0.1, 0.15) is 31.7 Å². The van der Waals surface area contributed by atoms with Crippen LogP contribution in [0.2, 0.25) is 0 Å². The number of halogens is 1. The van der Waals surface area contributed by atoms with Crippen LogP contribution in [-0.4, -0.2) is 12.8 Å². The minimum absolute atomic E-state index is 0.134. The molecule has 4 heteroatoms. The summed E-state index contributed by atoms with van der Waals surface area (Å²) in [4.78, 5) is 0. The predicted molar refractivity (Wildman–Crippen MR) is 122 cm³/mol. The van der Waals surface area contributed by atoms with Gasteiger partial charge in [-0.3, -0.25) is 0 Å². The molecule has 2 aromatic carbocycles. The third-order valence-electron chi connectivity index (χ3n) is 5.73. The van der Waals surface area contributed by atoms with E-state index in [4.69, 9.17) is 4.42 Å². The zero-order chi connectivity index (χ0) is 20.5. The summed E-state index contributed by atoms with van der Waals surface area (Å²) in [6, 6.07) is 13.9. The second-order valence-corrected chi connectivity index (χ2v) is 10.1. The average molecular weight is 408 g/mol. The molecule has 0 aliphatic heterocycles. The molecule has 0 saturated carbocycles. The van der Waals surface area contributed by atoms with E-state index in [9.17, 15) is 4.39 Å². The van der Waals surface area contributed by atoms with Gasteiger partial charge in [0.15, 0.2) is 6.20 Å². The van der Waals surface area contributed by atoms with Crippen molar-refractivity contribution in [2.45, 2.75) is 33.1 Å². The molecule has 0 aliphatic rings. The Hall–Kier alpha value is -2.25. The lowest BCUT2D eigenvalue weighted by Crippen LogP contribution is -2.30. The summed E-state index contributed by atoms with van der Waals surface area (Å²) in [5.41, 5.74) is 4.92. The van der Waals surface area contributed by atoms with Gasteiger partial charge in [-0.15, -0.1) is 0 Å². The summed E-state index contributed by atoms with van der Waals surface area (Å²) in [7, 11) is 1.45. The van der Waals surface area contributed by atoms with Gasteiger partial charge in [0.2, 0.25) is 5.69 Å². The van der Waals surface area contributed by atoms with Crippen LogP contribution in [-0.2, 0) is 7.05 Å². The fraction of sp³-hybridized carbons (Fsp3) is 0.320. The van der Waals surface area contributed by atoms with E-state index in [2.05, 4.69) is 43.3 Å². The molecule has 2 heterocycles. The number of fused-ring (bicyclic) bond motifs is 3. The summed E-state index contributed by atoms with van der Waals surface area (Å²) in [6.07, 6.45) is 6.59. The zero-order valence-electron chi connectivity index (χ0n) is 17.6. The van der Waals surface area contributed by atoms with Gasteiger partial charge in [0.25, 0.3) is 0 Å². The molecule has 29 heavy (non-hydrogen) atoms. The van der Waals surface area contributed by atoms with Crippen molar-refractivity contribution < 1.29 is 13.4 Å². The quantitative estimate of drug-likeness (QED) is 0.203. The normalized spacial score (nSPS) is 12.7. The lowest BCUT2D eigenvalue weighted by molar-refractivity contribution is -0.660. The SMILES string of the molecule is CCCCCP(C)c1c(F)ccc2c1oc1c(-c3cccc[n+]3C)c(C)ccc12. The molecule has 0 saturated heterocycles. The number of furan rings is 1. The fourth-order valence-corrected chi connectivity index (χ4v) is 6.01. The third-order valence-corrected chi connectivity index (χ3v) is 7.90. The third kappa shape index (κ3) is 3.57. The number of benzene rings is 2. The summed E-state index contributed by atoms with van der Waals surface area (Å²) in [5.74, 6) is -0.134. The number of pyridine rings is 1. The molecule has 0 amide bonds. The average Bonchev–Trinajstić information content (AvgIpc) is 3.07. The van der Waals surface area contributed by atoms with Crippen LogP contribution >= 0.6 is 7.92 Å². The minimum Gasteiger partial charge on any atom is -0.454 e. The molecule has 0 fully saturated rings. The standard InChI is InChI=1S/C25H28FNOP/c1-5-6-9-16-29(4)25-20(26)14-13-19-18-12-11-17(2)22(23(18)28-24(19)25)21-10-7-8-15-27(21)3/h7-8,10-15H,5-6,9,16H2,1-4H3/q+1. The maximum absolute atomic E-state index is 14.9. The first-order valence-corrected chi connectivity index (χ1v) is 12.3. The van der Waals surface area contributed by atoms with E-state index in [0.29, 0.717) is 0 Å². The summed E-state index contributed by atoms with van der Waals surface area (Å²) in [6.45, 7) is 6.49. The van der Waals surface area contributed by atoms with Crippen molar-refractivity contribution in [3.05, 3.63) is 60.0 Å². The first-order chi connectivity index (χ1) is 14.0. The van der Waals surface area contributed by atoms with Gasteiger partial charge in [-0.25, -0.2) is 8.96 Å². The maximum Gasteiger partial charge on any atom is 0.216 e. The second kappa shape index (κ2) is 8.24. The van der Waals surface area contributed by atoms with Gasteiger partial charge in [-0.1, -0.05) is 39.8 Å². The summed E-state index contributed by atoms with van der Waals surface area (Å²) < 4.78 is 23.5. The summed E-state index contributed by atoms with van der Waals surface area (Å²) in [5, 5.41) is 2.86. The Kier molecular flexibility index (Phi) is 5.69. The lowest BCUT2D eigenvalue weighted by atomic mass is 10.0. The van der Waals surface area contributed by atoms with Crippen LogP contribution in [0.3, 0.4) is 0 Å². The van der Waals surface area contributed by atoms with Gasteiger partial charge in [-0.2, -0.15) is 0 Å². The maximum atomic E-state index is 14.9. The first-order valence-electron chi connectivity index (χ1n) is 10.3. The van der Waals surface area contributed by atoms with Gasteiger partial charge in [0.05, 0.1) is 10.9 Å². The molecule has 0 aliphatic carbocycles. The lowest BCUT2D eigenvalue weighted by Gasteiger charge is -2.13. The van der Waals surface area contributed by atoms with E-state index < -0.39 is 7.92 Å². The van der Waals surface area contributed by atoms with Gasteiger partial charge in [0.1, 0.15) is 24.0 Å². The Bertz CT molecular complexity index is 1180. The monoisotopic (exact) mass is 408 g/mol. The topological polar surface area (TPSA) is 17.0 Å². The summed E-state index contributed by atoms with van der Waals surface area (Å²) >= 11 is 0. The fourth-order valence-electron chi connectivity index (χ4n) is 4.13. The van der Waals surface area contributed by atoms with Gasteiger partial charge < -0.3 is 4.42 Å². The minimum atomic E-state index is -0.596. The highest BCUT2D eigenvalue weighted by atomic mass is 31.1. The Morgan fingerprint density at radius 3 is 2.52 bits per heavy atom. The van der Waals surface area contributed by atoms with Crippen LogP contribution < -0.4 is 9.87 Å². The predicted octanol–water partition coefficient (Wildman–Crippen LogP) is 6.45. The largest absolute Gasteiger partial charge is 0.454 e. The van der Waals surface area contributed by atoms with Crippen molar-refractivity contribution >= 4 is 35.2 Å². The zero-order valence-corrected chi connectivity index (χ0v) is 18.5. The molecular weight excluding hydrogens is 380 g/mol. The van der Waals surface area contributed by atoms with Crippen molar-refractivity contribution in [2.24, 2.45) is 7.05 Å². The Morgan fingerprint density at radius 2 is 1.76 bits per heavy atom. The van der Waals surface area contributed by atoms with Gasteiger partial charge >= 0.3 is 0 Å². The van der Waals surface area contributed by atoms with Crippen LogP contribution in [0.5, 0.6) is 0 Å². The van der Waals surface area contributed by atoms with Crippen molar-refractivity contribution in [3.8, 4) is 11.3 Å². The molecular formula is C25H28FNOP+. The molecule has 2 nitrogen and oxygen atoms in total. The number of aryl methyl sites for hydroxylation is 2. The highest BCUT2D eigenvalue weighted by Crippen LogP contribution is 2.41. The molecule has 0 N–H and O–H groups in total. The molecule has 2 aromatic heterocycles. The van der Waals surface area contributed by atoms with E-state index in [-0.39, 0.29) is 5.82 Å². The van der Waals surface area contributed by atoms with Crippen molar-refractivity contribution in [2.75, 3.05) is 12.8 Å². The highest BCUT2D eigenvalue weighted by molar-refractivity contribution is 7.65. The van der Waals surface area contributed by atoms with Crippen molar-refractivity contribution in [1.82, 2.24) is 0 Å². The van der Waals surface area contributed by atoms with E-state index in [0.717, 1.165) is 56.6 Å². The first kappa shape index (κ1) is 20.0. The van der Waals surface area contributed by atoms with E-state index in [1.54, 1.807) is 6.07 Å². The molecule has 0 bridgehead atoms. The second-order valence-electron chi connectivity index (χ2n) is 7.83. The highest BCUT2D eigenvalue weighted by Gasteiger charge is 2.23. The number of nitrogens with zero attached hydrogens (tertiary/aromatic N) is 1. The number of aromatic nitrogens is 1. The molecule has 0 spiro atoms. The molecule has 0 radical (unpaired) electrons. The number of unbranched alkanes of at least 4 members (excludes halogenated alkanes) is 2. The van der Waals surface area contributed by atoms with Crippen LogP contribution in [0, 0.1) is 12.7 Å². The number of hydrogen-bond acceptors (Lipinski definition) is 1. The van der Waals surface area contributed by atoms with Gasteiger partial charge in [-0.05, 0) is 49.9 Å². The van der Waals surface area contributed by atoms with Crippen LogP contribution in [0.25, 0.3) is 33.2 Å². The van der Waals surface area contributed by atoms with Crippen LogP contribution in [0.15, 0.2) is 53.1 Å². The van der Waals surface area contributed by atoms with Gasteiger partial charge in [0, 0.05) is 22.9 Å². The Labute approximate surface area is 173 Å². The van der Waals surface area contributed by atoms with Crippen molar-refractivity contribution in [3.63, 3.8) is 0 Å². The number of hydrogen-bond donors (Lipinski definition) is 0. The smallest absolute Gasteiger partial charge is 0.216 e. The Morgan fingerprint density at radius 1 is 1.00 bits per heavy atom. The van der Waals surface area contributed by atoms with E-state index in [1.165, 1.54) is 12.8 Å². The van der Waals surface area contributed by atoms with Crippen LogP contribution in [0.4, 0.5) is 4.39 Å². The Balaban J connectivity index is 1.96. The molecule has 1 atom stereocenters. The molecule has 1 unspecified atom stereocenters. The molecule has 4 rings (SSSR count). The van der Waals surface area contributed by atoms with E-state index >= 15 is 0 Å². The van der Waals surface area contributed by atoms with E-state index in [1.807, 2.05) is 31.4 Å².